The summed E-state index contributed by atoms with van der Waals surface area (Å²) in [6.45, 7) is 2.14. The molecule has 3 N–H and O–H groups in total. The highest BCUT2D eigenvalue weighted by Gasteiger charge is 2.30. The van der Waals surface area contributed by atoms with Crippen LogP contribution in [0.3, 0.4) is 0 Å². The SMILES string of the molecule is CC(=O)N1CCc2ccccc2C1CC(=O)Nc1ccc(C(N)=O)cc1. The first-order chi connectivity index (χ1) is 12.5. The van der Waals surface area contributed by atoms with Crippen LogP contribution in [0.2, 0.25) is 0 Å². The van der Waals surface area contributed by atoms with E-state index in [2.05, 4.69) is 5.32 Å². The molecule has 0 saturated carbocycles. The normalized spacial score (nSPS) is 15.9. The molecule has 0 aliphatic carbocycles. The molecular formula is C20H21N3O3. The molecule has 0 aromatic heterocycles. The zero-order chi connectivity index (χ0) is 18.7. The van der Waals surface area contributed by atoms with Crippen molar-refractivity contribution in [2.75, 3.05) is 11.9 Å². The second-order valence-electron chi connectivity index (χ2n) is 6.37. The number of hydrogen-bond donors (Lipinski definition) is 2. The molecule has 0 spiro atoms. The van der Waals surface area contributed by atoms with Gasteiger partial charge >= 0.3 is 0 Å². The lowest BCUT2D eigenvalue weighted by molar-refractivity contribution is -0.132. The molecule has 0 radical (unpaired) electrons. The molecule has 1 aliphatic heterocycles. The first-order valence-electron chi connectivity index (χ1n) is 8.50. The average Bonchev–Trinajstić information content (AvgIpc) is 2.62. The van der Waals surface area contributed by atoms with Gasteiger partial charge in [-0.2, -0.15) is 0 Å². The van der Waals surface area contributed by atoms with Crippen molar-refractivity contribution in [3.05, 3.63) is 65.2 Å². The molecule has 3 amide bonds. The maximum absolute atomic E-state index is 12.5. The monoisotopic (exact) mass is 351 g/mol. The Labute approximate surface area is 152 Å². The third-order valence-electron chi connectivity index (χ3n) is 4.65. The van der Waals surface area contributed by atoms with E-state index in [4.69, 9.17) is 5.73 Å². The predicted octanol–water partition coefficient (Wildman–Crippen LogP) is 2.26. The molecule has 2 aromatic carbocycles. The number of carbonyl (C=O) groups excluding carboxylic acids is 3. The highest BCUT2D eigenvalue weighted by molar-refractivity contribution is 5.95. The lowest BCUT2D eigenvalue weighted by Gasteiger charge is -2.36. The van der Waals surface area contributed by atoms with Crippen LogP contribution in [-0.4, -0.2) is 29.2 Å². The van der Waals surface area contributed by atoms with Crippen LogP contribution < -0.4 is 11.1 Å². The Morgan fingerprint density at radius 3 is 2.46 bits per heavy atom. The second kappa shape index (κ2) is 7.39. The van der Waals surface area contributed by atoms with E-state index in [9.17, 15) is 14.4 Å². The smallest absolute Gasteiger partial charge is 0.248 e. The van der Waals surface area contributed by atoms with Crippen LogP contribution in [0.15, 0.2) is 48.5 Å². The molecule has 0 fully saturated rings. The third kappa shape index (κ3) is 3.74. The van der Waals surface area contributed by atoms with Crippen LogP contribution in [-0.2, 0) is 16.0 Å². The largest absolute Gasteiger partial charge is 0.366 e. The minimum absolute atomic E-state index is 0.0388. The number of nitrogens with zero attached hydrogens (tertiary/aromatic N) is 1. The summed E-state index contributed by atoms with van der Waals surface area (Å²) in [5.74, 6) is -0.744. The van der Waals surface area contributed by atoms with E-state index in [1.54, 1.807) is 29.2 Å². The number of anilines is 1. The summed E-state index contributed by atoms with van der Waals surface area (Å²) in [6, 6.07) is 14.0. The molecule has 6 nitrogen and oxygen atoms in total. The zero-order valence-electron chi connectivity index (χ0n) is 14.6. The lowest BCUT2D eigenvalue weighted by atomic mass is 9.90. The van der Waals surface area contributed by atoms with E-state index < -0.39 is 5.91 Å². The molecule has 0 bridgehead atoms. The van der Waals surface area contributed by atoms with Gasteiger partial charge in [0, 0.05) is 24.7 Å². The van der Waals surface area contributed by atoms with Crippen molar-refractivity contribution in [2.24, 2.45) is 5.73 Å². The van der Waals surface area contributed by atoms with Gasteiger partial charge in [0.25, 0.3) is 0 Å². The van der Waals surface area contributed by atoms with Crippen molar-refractivity contribution in [3.63, 3.8) is 0 Å². The molecule has 26 heavy (non-hydrogen) atoms. The molecular weight excluding hydrogens is 330 g/mol. The fourth-order valence-corrected chi connectivity index (χ4v) is 3.35. The van der Waals surface area contributed by atoms with E-state index in [-0.39, 0.29) is 24.3 Å². The van der Waals surface area contributed by atoms with E-state index in [1.807, 2.05) is 24.3 Å². The Bertz CT molecular complexity index is 846. The topological polar surface area (TPSA) is 92.5 Å². The number of rotatable bonds is 4. The highest BCUT2D eigenvalue weighted by Crippen LogP contribution is 2.32. The van der Waals surface area contributed by atoms with Gasteiger partial charge in [0.15, 0.2) is 0 Å². The summed E-state index contributed by atoms with van der Waals surface area (Å²) in [5.41, 5.74) is 8.37. The Hall–Kier alpha value is -3.15. The van der Waals surface area contributed by atoms with Crippen molar-refractivity contribution in [3.8, 4) is 0 Å². The Kier molecular flexibility index (Phi) is 5.02. The molecule has 134 valence electrons. The lowest BCUT2D eigenvalue weighted by Crippen LogP contribution is -2.40. The fourth-order valence-electron chi connectivity index (χ4n) is 3.35. The quantitative estimate of drug-likeness (QED) is 0.885. The molecule has 1 aliphatic rings. The van der Waals surface area contributed by atoms with Gasteiger partial charge in [-0.1, -0.05) is 24.3 Å². The molecule has 1 heterocycles. The molecule has 1 unspecified atom stereocenters. The summed E-state index contributed by atoms with van der Waals surface area (Å²) in [6.07, 6.45) is 0.969. The molecule has 1 atom stereocenters. The van der Waals surface area contributed by atoms with Gasteiger partial charge in [0.2, 0.25) is 17.7 Å². The zero-order valence-corrected chi connectivity index (χ0v) is 14.6. The van der Waals surface area contributed by atoms with Crippen LogP contribution in [0.4, 0.5) is 5.69 Å². The van der Waals surface area contributed by atoms with Gasteiger partial charge in [0.1, 0.15) is 0 Å². The van der Waals surface area contributed by atoms with Crippen LogP contribution in [0.5, 0.6) is 0 Å². The minimum Gasteiger partial charge on any atom is -0.366 e. The standard InChI is InChI=1S/C20H21N3O3/c1-13(24)23-11-10-14-4-2-3-5-17(14)18(23)12-19(25)22-16-8-6-15(7-9-16)20(21)26/h2-9,18H,10-12H2,1H3,(H2,21,26)(H,22,25). The van der Waals surface area contributed by atoms with Crippen LogP contribution in [0.1, 0.15) is 40.9 Å². The van der Waals surface area contributed by atoms with Gasteiger partial charge in [0.05, 0.1) is 12.5 Å². The van der Waals surface area contributed by atoms with Crippen LogP contribution >= 0.6 is 0 Å². The highest BCUT2D eigenvalue weighted by atomic mass is 16.2. The summed E-state index contributed by atoms with van der Waals surface area (Å²) < 4.78 is 0. The molecule has 6 heteroatoms. The number of carbonyl (C=O) groups is 3. The van der Waals surface area contributed by atoms with E-state index in [0.29, 0.717) is 17.8 Å². The van der Waals surface area contributed by atoms with Crippen LogP contribution in [0.25, 0.3) is 0 Å². The van der Waals surface area contributed by atoms with E-state index in [0.717, 1.165) is 12.0 Å². The summed E-state index contributed by atoms with van der Waals surface area (Å²) >= 11 is 0. The number of amides is 3. The van der Waals surface area contributed by atoms with Crippen molar-refractivity contribution in [1.29, 1.82) is 0 Å². The van der Waals surface area contributed by atoms with Gasteiger partial charge in [-0.05, 0) is 41.8 Å². The Morgan fingerprint density at radius 2 is 1.81 bits per heavy atom. The summed E-state index contributed by atoms with van der Waals surface area (Å²) in [7, 11) is 0. The van der Waals surface area contributed by atoms with Crippen molar-refractivity contribution < 1.29 is 14.4 Å². The Balaban J connectivity index is 1.76. The maximum atomic E-state index is 12.5. The second-order valence-corrected chi connectivity index (χ2v) is 6.37. The average molecular weight is 351 g/mol. The summed E-state index contributed by atoms with van der Waals surface area (Å²) in [5, 5.41) is 2.82. The van der Waals surface area contributed by atoms with Crippen molar-refractivity contribution in [2.45, 2.75) is 25.8 Å². The van der Waals surface area contributed by atoms with Crippen molar-refractivity contribution in [1.82, 2.24) is 4.90 Å². The first-order valence-corrected chi connectivity index (χ1v) is 8.50. The van der Waals surface area contributed by atoms with Crippen LogP contribution in [0, 0.1) is 0 Å². The summed E-state index contributed by atoms with van der Waals surface area (Å²) in [4.78, 5) is 37.4. The number of nitrogens with one attached hydrogen (secondary N) is 1. The number of hydrogen-bond acceptors (Lipinski definition) is 3. The number of nitrogens with two attached hydrogens (primary N) is 1. The number of fused-ring (bicyclic) bond motifs is 1. The van der Waals surface area contributed by atoms with E-state index >= 15 is 0 Å². The molecule has 0 saturated heterocycles. The third-order valence-corrected chi connectivity index (χ3v) is 4.65. The maximum Gasteiger partial charge on any atom is 0.248 e. The number of primary amides is 1. The van der Waals surface area contributed by atoms with Gasteiger partial charge < -0.3 is 16.0 Å². The molecule has 2 aromatic rings. The van der Waals surface area contributed by atoms with Gasteiger partial charge in [-0.25, -0.2) is 0 Å². The van der Waals surface area contributed by atoms with Crippen molar-refractivity contribution >= 4 is 23.4 Å². The van der Waals surface area contributed by atoms with E-state index in [1.165, 1.54) is 12.5 Å². The predicted molar refractivity (Wildman–Crippen MR) is 98.5 cm³/mol. The first kappa shape index (κ1) is 17.7. The van der Waals surface area contributed by atoms with Gasteiger partial charge in [-0.3, -0.25) is 14.4 Å². The molecule has 3 rings (SSSR count). The number of benzene rings is 2. The minimum atomic E-state index is -0.515. The fraction of sp³-hybridized carbons (Fsp3) is 0.250. The Morgan fingerprint density at radius 1 is 1.12 bits per heavy atom. The van der Waals surface area contributed by atoms with Gasteiger partial charge in [-0.15, -0.1) is 0 Å².